The molecule has 3 fully saturated rings. The molecule has 2 saturated heterocycles. The predicted molar refractivity (Wildman–Crippen MR) is 116 cm³/mol. The summed E-state index contributed by atoms with van der Waals surface area (Å²) in [6.07, 6.45) is 9.08. The molecule has 1 N–H and O–H groups in total. The standard InChI is InChI=1S/C21H27N5O4S/c1-12(2)29-16-5-13(6-16)19(27)25-21-24-9-18(31-21)30-17-7-22-20(23-8-17)26-14-3-4-15(26)11-28-10-14/h7-9,12-16H,3-6,10-11H2,1-2H3,(H,24,25,27). The monoisotopic (exact) mass is 445 g/mol. The van der Waals surface area contributed by atoms with Crippen LogP contribution in [0.15, 0.2) is 18.6 Å². The van der Waals surface area contributed by atoms with E-state index < -0.39 is 0 Å². The number of carbonyl (C=O) groups excluding carboxylic acids is 1. The lowest BCUT2D eigenvalue weighted by atomic mass is 9.81. The zero-order chi connectivity index (χ0) is 21.4. The molecule has 1 saturated carbocycles. The van der Waals surface area contributed by atoms with Gasteiger partial charge in [0.15, 0.2) is 10.9 Å². The fraction of sp³-hybridized carbons (Fsp3) is 0.619. The van der Waals surface area contributed by atoms with E-state index in [-0.39, 0.29) is 24.0 Å². The Morgan fingerprint density at radius 3 is 2.55 bits per heavy atom. The van der Waals surface area contributed by atoms with Crippen LogP contribution in [0, 0.1) is 5.92 Å². The van der Waals surface area contributed by atoms with Gasteiger partial charge in [-0.1, -0.05) is 11.3 Å². The summed E-state index contributed by atoms with van der Waals surface area (Å²) in [7, 11) is 0. The Balaban J connectivity index is 1.14. The molecular formula is C21H27N5O4S. The van der Waals surface area contributed by atoms with Gasteiger partial charge in [0.05, 0.1) is 56.1 Å². The number of anilines is 2. The first-order valence-electron chi connectivity index (χ1n) is 10.8. The maximum absolute atomic E-state index is 12.4. The fourth-order valence-corrected chi connectivity index (χ4v) is 5.11. The minimum absolute atomic E-state index is 0.0164. The van der Waals surface area contributed by atoms with Crippen LogP contribution < -0.4 is 15.0 Å². The number of hydrogen-bond acceptors (Lipinski definition) is 9. The molecule has 1 aliphatic carbocycles. The quantitative estimate of drug-likeness (QED) is 0.694. The molecule has 2 bridgehead atoms. The average Bonchev–Trinajstić information content (AvgIpc) is 3.25. The van der Waals surface area contributed by atoms with Crippen LogP contribution in [-0.2, 0) is 14.3 Å². The summed E-state index contributed by atoms with van der Waals surface area (Å²) in [5.41, 5.74) is 0. The van der Waals surface area contributed by atoms with E-state index in [4.69, 9.17) is 14.2 Å². The molecule has 2 aromatic heterocycles. The first-order valence-corrected chi connectivity index (χ1v) is 11.6. The van der Waals surface area contributed by atoms with Crippen molar-refractivity contribution in [2.45, 2.75) is 63.8 Å². The third-order valence-corrected chi connectivity index (χ3v) is 6.74. The molecule has 2 atom stereocenters. The molecule has 5 rings (SSSR count). The number of nitrogens with zero attached hydrogens (tertiary/aromatic N) is 4. The Morgan fingerprint density at radius 1 is 1.16 bits per heavy atom. The average molecular weight is 446 g/mol. The molecule has 2 unspecified atom stereocenters. The largest absolute Gasteiger partial charge is 0.442 e. The first kappa shape index (κ1) is 20.6. The molecule has 9 nitrogen and oxygen atoms in total. The van der Waals surface area contributed by atoms with Crippen LogP contribution in [0.4, 0.5) is 11.1 Å². The lowest BCUT2D eigenvalue weighted by Gasteiger charge is -2.34. The van der Waals surface area contributed by atoms with Crippen molar-refractivity contribution < 1.29 is 19.0 Å². The number of fused-ring (bicyclic) bond motifs is 2. The summed E-state index contributed by atoms with van der Waals surface area (Å²) in [6, 6.07) is 0.724. The maximum atomic E-state index is 12.4. The Morgan fingerprint density at radius 2 is 1.87 bits per heavy atom. The van der Waals surface area contributed by atoms with Crippen molar-refractivity contribution in [1.29, 1.82) is 0 Å². The zero-order valence-corrected chi connectivity index (χ0v) is 18.5. The van der Waals surface area contributed by atoms with Crippen molar-refractivity contribution in [2.24, 2.45) is 5.92 Å². The number of carbonyl (C=O) groups is 1. The molecule has 0 spiro atoms. The highest BCUT2D eigenvalue weighted by molar-refractivity contribution is 7.17. The van der Waals surface area contributed by atoms with Crippen LogP contribution in [0.2, 0.25) is 0 Å². The van der Waals surface area contributed by atoms with Gasteiger partial charge in [-0.15, -0.1) is 0 Å². The molecule has 10 heteroatoms. The summed E-state index contributed by atoms with van der Waals surface area (Å²) >= 11 is 1.28. The van der Waals surface area contributed by atoms with Crippen molar-refractivity contribution in [3.05, 3.63) is 18.6 Å². The Labute approximate surface area is 185 Å². The highest BCUT2D eigenvalue weighted by atomic mass is 32.1. The lowest BCUT2D eigenvalue weighted by molar-refractivity contribution is -0.131. The normalized spacial score (nSPS) is 27.3. The van der Waals surface area contributed by atoms with E-state index in [2.05, 4.69) is 25.2 Å². The molecule has 2 aromatic rings. The zero-order valence-electron chi connectivity index (χ0n) is 17.7. The van der Waals surface area contributed by atoms with Crippen molar-refractivity contribution >= 4 is 28.3 Å². The maximum Gasteiger partial charge on any atom is 0.229 e. The van der Waals surface area contributed by atoms with Gasteiger partial charge in [0, 0.05) is 5.92 Å². The second-order valence-electron chi connectivity index (χ2n) is 8.60. The van der Waals surface area contributed by atoms with Crippen LogP contribution in [0.1, 0.15) is 39.5 Å². The number of thiazole rings is 1. The van der Waals surface area contributed by atoms with Gasteiger partial charge in [-0.05, 0) is 39.5 Å². The topological polar surface area (TPSA) is 98.7 Å². The summed E-state index contributed by atoms with van der Waals surface area (Å²) in [5, 5.41) is 3.98. The van der Waals surface area contributed by atoms with Crippen LogP contribution in [-0.4, -0.2) is 58.4 Å². The molecule has 3 aliphatic rings. The van der Waals surface area contributed by atoms with E-state index >= 15 is 0 Å². The van der Waals surface area contributed by atoms with Crippen LogP contribution in [0.5, 0.6) is 10.8 Å². The second kappa shape index (κ2) is 8.68. The number of amides is 1. The van der Waals surface area contributed by atoms with Gasteiger partial charge in [0.1, 0.15) is 0 Å². The molecular weight excluding hydrogens is 418 g/mol. The number of morpholine rings is 1. The number of aromatic nitrogens is 3. The van der Waals surface area contributed by atoms with E-state index in [0.29, 0.717) is 28.0 Å². The van der Waals surface area contributed by atoms with Gasteiger partial charge in [0.25, 0.3) is 0 Å². The molecule has 166 valence electrons. The van der Waals surface area contributed by atoms with E-state index in [1.165, 1.54) is 11.3 Å². The number of rotatable bonds is 7. The summed E-state index contributed by atoms with van der Waals surface area (Å²) < 4.78 is 17.2. The number of hydrogen-bond donors (Lipinski definition) is 1. The second-order valence-corrected chi connectivity index (χ2v) is 9.59. The molecule has 0 radical (unpaired) electrons. The van der Waals surface area contributed by atoms with Gasteiger partial charge >= 0.3 is 0 Å². The Hall–Kier alpha value is -2.30. The molecule has 31 heavy (non-hydrogen) atoms. The highest BCUT2D eigenvalue weighted by Crippen LogP contribution is 2.35. The molecule has 1 amide bonds. The predicted octanol–water partition coefficient (Wildman–Crippen LogP) is 3.24. The van der Waals surface area contributed by atoms with E-state index in [1.807, 2.05) is 13.8 Å². The number of nitrogens with one attached hydrogen (secondary N) is 1. The van der Waals surface area contributed by atoms with Crippen LogP contribution in [0.3, 0.4) is 0 Å². The van der Waals surface area contributed by atoms with Crippen LogP contribution >= 0.6 is 11.3 Å². The van der Waals surface area contributed by atoms with Gasteiger partial charge < -0.3 is 24.4 Å². The SMILES string of the molecule is CC(C)OC1CC(C(=O)Nc2ncc(Oc3cnc(N4C5CCC4COC5)nc3)s2)C1. The first-order chi connectivity index (χ1) is 15.0. The lowest BCUT2D eigenvalue weighted by Crippen LogP contribution is -2.46. The van der Waals surface area contributed by atoms with E-state index in [9.17, 15) is 4.79 Å². The minimum atomic E-state index is -0.0200. The van der Waals surface area contributed by atoms with Crippen molar-refractivity contribution in [3.63, 3.8) is 0 Å². The van der Waals surface area contributed by atoms with Gasteiger partial charge in [0.2, 0.25) is 16.9 Å². The summed E-state index contributed by atoms with van der Waals surface area (Å²) in [5.74, 6) is 1.23. The van der Waals surface area contributed by atoms with Crippen molar-refractivity contribution in [2.75, 3.05) is 23.4 Å². The Kier molecular flexibility index (Phi) is 5.77. The smallest absolute Gasteiger partial charge is 0.229 e. The third kappa shape index (κ3) is 4.51. The van der Waals surface area contributed by atoms with Gasteiger partial charge in [-0.3, -0.25) is 4.79 Å². The van der Waals surface area contributed by atoms with E-state index in [1.54, 1.807) is 18.6 Å². The molecule has 2 aliphatic heterocycles. The Bertz CT molecular complexity index is 899. The van der Waals surface area contributed by atoms with Crippen molar-refractivity contribution in [1.82, 2.24) is 15.0 Å². The summed E-state index contributed by atoms with van der Waals surface area (Å²) in [4.78, 5) is 27.9. The third-order valence-electron chi connectivity index (χ3n) is 5.95. The summed E-state index contributed by atoms with van der Waals surface area (Å²) in [6.45, 7) is 5.49. The number of ether oxygens (including phenoxy) is 3. The highest BCUT2D eigenvalue weighted by Gasteiger charge is 2.39. The molecule has 4 heterocycles. The van der Waals surface area contributed by atoms with Crippen molar-refractivity contribution in [3.8, 4) is 10.8 Å². The van der Waals surface area contributed by atoms with E-state index in [0.717, 1.165) is 44.8 Å². The van der Waals surface area contributed by atoms with Gasteiger partial charge in [-0.25, -0.2) is 15.0 Å². The minimum Gasteiger partial charge on any atom is -0.442 e. The fourth-order valence-electron chi connectivity index (χ4n) is 4.41. The molecule has 0 aromatic carbocycles. The van der Waals surface area contributed by atoms with Gasteiger partial charge in [-0.2, -0.15) is 0 Å². The van der Waals surface area contributed by atoms with Crippen LogP contribution in [0.25, 0.3) is 0 Å².